The van der Waals surface area contributed by atoms with Gasteiger partial charge in [0.05, 0.1) is 17.3 Å². The van der Waals surface area contributed by atoms with Gasteiger partial charge in [0.15, 0.2) is 0 Å². The molecule has 0 saturated carbocycles. The molecule has 7 rings (SSSR count). The number of para-hydroxylation sites is 2. The number of carbonyl (C=O) groups excluding carboxylic acids is 1. The number of fused-ring (bicyclic) bond motifs is 3. The van der Waals surface area contributed by atoms with Crippen LogP contribution >= 0.6 is 0 Å². The number of hydrogen-bond acceptors (Lipinski definition) is 4. The Kier molecular flexibility index (Phi) is 7.36. The Balaban J connectivity index is 1.08. The van der Waals surface area contributed by atoms with Crippen LogP contribution in [0.15, 0.2) is 140 Å². The average molecular weight is 564 g/mol. The second-order valence-electron chi connectivity index (χ2n) is 11.1. The molecule has 1 aliphatic heterocycles. The van der Waals surface area contributed by atoms with Gasteiger partial charge in [-0.3, -0.25) is 4.79 Å². The molecule has 43 heavy (non-hydrogen) atoms. The predicted molar refractivity (Wildman–Crippen MR) is 174 cm³/mol. The molecule has 1 aliphatic carbocycles. The molecule has 0 saturated heterocycles. The van der Waals surface area contributed by atoms with Gasteiger partial charge >= 0.3 is 0 Å². The smallest absolute Gasteiger partial charge is 0.257 e. The van der Waals surface area contributed by atoms with Crippen molar-refractivity contribution in [3.05, 3.63) is 162 Å². The van der Waals surface area contributed by atoms with E-state index in [-0.39, 0.29) is 17.9 Å². The fourth-order valence-corrected chi connectivity index (χ4v) is 6.18. The van der Waals surface area contributed by atoms with E-state index in [0.29, 0.717) is 18.1 Å². The van der Waals surface area contributed by atoms with Crippen molar-refractivity contribution in [3.8, 4) is 5.75 Å². The zero-order chi connectivity index (χ0) is 29.0. The Morgan fingerprint density at radius 1 is 0.744 bits per heavy atom. The highest BCUT2D eigenvalue weighted by atomic mass is 16.5. The normalized spacial score (nSPS) is 18.2. The van der Waals surface area contributed by atoms with E-state index in [1.54, 1.807) is 0 Å². The van der Waals surface area contributed by atoms with Crippen molar-refractivity contribution in [2.75, 3.05) is 16.0 Å². The van der Waals surface area contributed by atoms with E-state index in [0.717, 1.165) is 40.5 Å². The summed E-state index contributed by atoms with van der Waals surface area (Å²) in [5, 5.41) is 10.3. The van der Waals surface area contributed by atoms with Crippen LogP contribution in [-0.4, -0.2) is 5.91 Å². The van der Waals surface area contributed by atoms with Crippen molar-refractivity contribution in [1.29, 1.82) is 0 Å². The monoisotopic (exact) mass is 563 g/mol. The summed E-state index contributed by atoms with van der Waals surface area (Å²) in [5.74, 6) is 1.35. The third-order valence-corrected chi connectivity index (χ3v) is 8.33. The molecule has 5 heteroatoms. The van der Waals surface area contributed by atoms with Gasteiger partial charge in [0.25, 0.3) is 5.91 Å². The molecule has 0 fully saturated rings. The standard InChI is InChI=1S/C38H33N3O2/c42-38(40-30-21-19-29(20-22-30)39-28-11-5-2-6-12-28)35-16-8-15-34-32-13-7-14-33(32)36(41-37(34)35)27-17-23-31(24-18-27)43-25-26-9-3-1-4-10-26/h1-13,15-24,32-33,36,39,41H,14,25H2,(H,40,42). The maximum atomic E-state index is 13.6. The maximum absolute atomic E-state index is 13.6. The van der Waals surface area contributed by atoms with Crippen LogP contribution in [0.25, 0.3) is 0 Å². The topological polar surface area (TPSA) is 62.4 Å². The van der Waals surface area contributed by atoms with E-state index in [9.17, 15) is 4.79 Å². The van der Waals surface area contributed by atoms with Gasteiger partial charge < -0.3 is 20.7 Å². The predicted octanol–water partition coefficient (Wildman–Crippen LogP) is 9.09. The molecule has 0 bridgehead atoms. The van der Waals surface area contributed by atoms with Gasteiger partial charge in [-0.2, -0.15) is 0 Å². The molecule has 212 valence electrons. The van der Waals surface area contributed by atoms with Crippen LogP contribution in [0.2, 0.25) is 0 Å². The lowest BCUT2D eigenvalue weighted by Gasteiger charge is -2.38. The SMILES string of the molecule is O=C(Nc1ccc(Nc2ccccc2)cc1)c1cccc2c1NC(c1ccc(OCc3ccccc3)cc1)C1CC=CC21. The molecule has 5 aromatic carbocycles. The minimum atomic E-state index is -0.128. The Labute approximate surface area is 252 Å². The van der Waals surface area contributed by atoms with Crippen molar-refractivity contribution in [2.24, 2.45) is 5.92 Å². The fourth-order valence-electron chi connectivity index (χ4n) is 6.18. The first-order chi connectivity index (χ1) is 21.2. The van der Waals surface area contributed by atoms with Crippen LogP contribution in [0.3, 0.4) is 0 Å². The first kappa shape index (κ1) is 26.6. The summed E-state index contributed by atoms with van der Waals surface area (Å²) in [6, 6.07) is 42.5. The Bertz CT molecular complexity index is 1730. The maximum Gasteiger partial charge on any atom is 0.257 e. The van der Waals surface area contributed by atoms with Crippen LogP contribution in [0.5, 0.6) is 5.75 Å². The van der Waals surface area contributed by atoms with Crippen LogP contribution < -0.4 is 20.7 Å². The number of benzene rings is 5. The number of carbonyl (C=O) groups is 1. The summed E-state index contributed by atoms with van der Waals surface area (Å²) in [6.07, 6.45) is 5.57. The van der Waals surface area contributed by atoms with Gasteiger partial charge in [-0.15, -0.1) is 0 Å². The van der Waals surface area contributed by atoms with E-state index in [2.05, 4.69) is 58.4 Å². The number of rotatable bonds is 8. The fraction of sp³-hybridized carbons (Fsp3) is 0.132. The zero-order valence-electron chi connectivity index (χ0n) is 23.7. The summed E-state index contributed by atoms with van der Waals surface area (Å²) >= 11 is 0. The quantitative estimate of drug-likeness (QED) is 0.165. The molecule has 3 unspecified atom stereocenters. The summed E-state index contributed by atoms with van der Waals surface area (Å²) in [7, 11) is 0. The summed E-state index contributed by atoms with van der Waals surface area (Å²) in [5.41, 5.74) is 7.79. The van der Waals surface area contributed by atoms with Gasteiger partial charge in [-0.1, -0.05) is 84.9 Å². The van der Waals surface area contributed by atoms with Crippen LogP contribution in [0.4, 0.5) is 22.7 Å². The van der Waals surface area contributed by atoms with E-state index < -0.39 is 0 Å². The molecule has 1 heterocycles. The lowest BCUT2D eigenvalue weighted by Crippen LogP contribution is -2.30. The third kappa shape index (κ3) is 5.75. The average Bonchev–Trinajstić information content (AvgIpc) is 3.56. The molecule has 5 nitrogen and oxygen atoms in total. The molecule has 2 aliphatic rings. The number of hydrogen-bond donors (Lipinski definition) is 3. The van der Waals surface area contributed by atoms with Crippen LogP contribution in [0.1, 0.15) is 45.4 Å². The Hall–Kier alpha value is -5.29. The van der Waals surface area contributed by atoms with Crippen molar-refractivity contribution in [2.45, 2.75) is 25.0 Å². The largest absolute Gasteiger partial charge is 0.489 e. The Morgan fingerprint density at radius 3 is 2.21 bits per heavy atom. The molecule has 0 aromatic heterocycles. The first-order valence-corrected chi connectivity index (χ1v) is 14.8. The van der Waals surface area contributed by atoms with Gasteiger partial charge in [-0.05, 0) is 83.6 Å². The molecule has 3 N–H and O–H groups in total. The van der Waals surface area contributed by atoms with Crippen molar-refractivity contribution in [1.82, 2.24) is 0 Å². The number of ether oxygens (including phenoxy) is 1. The number of nitrogens with one attached hydrogen (secondary N) is 3. The lowest BCUT2D eigenvalue weighted by molar-refractivity contribution is 0.102. The van der Waals surface area contributed by atoms with Gasteiger partial charge in [-0.25, -0.2) is 0 Å². The number of anilines is 4. The van der Waals surface area contributed by atoms with E-state index in [4.69, 9.17) is 4.74 Å². The molecular formula is C38H33N3O2. The van der Waals surface area contributed by atoms with E-state index in [1.165, 1.54) is 11.1 Å². The van der Waals surface area contributed by atoms with E-state index >= 15 is 0 Å². The molecular weight excluding hydrogens is 530 g/mol. The molecule has 0 radical (unpaired) electrons. The number of amides is 1. The van der Waals surface area contributed by atoms with Gasteiger partial charge in [0.1, 0.15) is 12.4 Å². The minimum absolute atomic E-state index is 0.0768. The third-order valence-electron chi connectivity index (χ3n) is 8.33. The second kappa shape index (κ2) is 11.9. The van der Waals surface area contributed by atoms with Gasteiger partial charge in [0, 0.05) is 23.0 Å². The first-order valence-electron chi connectivity index (χ1n) is 14.8. The van der Waals surface area contributed by atoms with E-state index in [1.807, 2.05) is 97.1 Å². The zero-order valence-corrected chi connectivity index (χ0v) is 23.7. The summed E-state index contributed by atoms with van der Waals surface area (Å²) in [6.45, 7) is 0.536. The highest BCUT2D eigenvalue weighted by molar-refractivity contribution is 6.08. The second-order valence-corrected chi connectivity index (χ2v) is 11.1. The molecule has 0 spiro atoms. The molecule has 5 aromatic rings. The highest BCUT2D eigenvalue weighted by Gasteiger charge is 2.39. The summed E-state index contributed by atoms with van der Waals surface area (Å²) < 4.78 is 6.03. The van der Waals surface area contributed by atoms with Gasteiger partial charge in [0.2, 0.25) is 0 Å². The van der Waals surface area contributed by atoms with Crippen LogP contribution in [-0.2, 0) is 6.61 Å². The number of allylic oxidation sites excluding steroid dienone is 2. The summed E-state index contributed by atoms with van der Waals surface area (Å²) in [4.78, 5) is 13.6. The molecule has 3 atom stereocenters. The van der Waals surface area contributed by atoms with Crippen molar-refractivity contribution in [3.63, 3.8) is 0 Å². The van der Waals surface area contributed by atoms with Crippen LogP contribution in [0, 0.1) is 5.92 Å². The lowest BCUT2D eigenvalue weighted by atomic mass is 9.76. The van der Waals surface area contributed by atoms with Crippen molar-refractivity contribution < 1.29 is 9.53 Å². The molecule has 1 amide bonds. The highest BCUT2D eigenvalue weighted by Crippen LogP contribution is 2.50. The van der Waals surface area contributed by atoms with Crippen molar-refractivity contribution >= 4 is 28.7 Å². The minimum Gasteiger partial charge on any atom is -0.489 e. The Morgan fingerprint density at radius 2 is 1.44 bits per heavy atom.